The van der Waals surface area contributed by atoms with E-state index in [4.69, 9.17) is 20.1 Å². The Kier molecular flexibility index (Phi) is 20.8. The number of amides is 6. The average Bonchev–Trinajstić information content (AvgIpc) is 4.16. The summed E-state index contributed by atoms with van der Waals surface area (Å²) in [5.41, 5.74) is 8.09. The number of para-hydroxylation sites is 1. The number of unbranched alkanes of at least 4 members (excludes halogenated alkanes) is 3. The van der Waals surface area contributed by atoms with Crippen LogP contribution >= 0.6 is 7.82 Å². The molecule has 1 aliphatic heterocycles. The van der Waals surface area contributed by atoms with Crippen molar-refractivity contribution in [1.82, 2.24) is 45.5 Å². The minimum absolute atomic E-state index is 0.110. The minimum atomic E-state index is -5.14. The van der Waals surface area contributed by atoms with E-state index in [0.717, 1.165) is 31.2 Å². The quantitative estimate of drug-likeness (QED) is 0.0174. The minimum Gasteiger partial charge on any atom is -0.460 e. The van der Waals surface area contributed by atoms with Gasteiger partial charge in [0.25, 0.3) is 0 Å². The zero-order valence-corrected chi connectivity index (χ0v) is 41.9. The van der Waals surface area contributed by atoms with Crippen LogP contribution in [-0.4, -0.2) is 137 Å². The Balaban J connectivity index is 1.23. The third kappa shape index (κ3) is 16.7. The SMILES string of the molecule is CC(=O)N1CCC[C@H]1C(=O)N[C@@H](CC(C)C)C(=O)N[C@@H](Cc1cncn1CCCCCCO/N=C/c1cn(-c2ccccc2)nc1-c1ccc(C)o1)C(=O)N[C@@H](CO)C(=O)N[C@H](C(N)=O)[C@@H](C)OP(=O)(O)O. The number of hydrogen-bond acceptors (Lipinski definition) is 14. The fourth-order valence-corrected chi connectivity index (χ4v) is 8.67. The van der Waals surface area contributed by atoms with E-state index in [0.29, 0.717) is 68.1 Å². The number of nitrogens with two attached hydrogens (primary N) is 1. The van der Waals surface area contributed by atoms with Gasteiger partial charge in [-0.25, -0.2) is 14.2 Å². The van der Waals surface area contributed by atoms with Gasteiger partial charge in [0.05, 0.1) is 30.9 Å². The van der Waals surface area contributed by atoms with Gasteiger partial charge in [-0.15, -0.1) is 0 Å². The van der Waals surface area contributed by atoms with E-state index in [1.807, 2.05) is 69.4 Å². The van der Waals surface area contributed by atoms with Gasteiger partial charge in [0, 0.05) is 50.1 Å². The summed E-state index contributed by atoms with van der Waals surface area (Å²) in [5, 5.41) is 29.1. The molecule has 9 N–H and O–H groups in total. The van der Waals surface area contributed by atoms with Gasteiger partial charge in [0.2, 0.25) is 35.4 Å². The molecule has 1 fully saturated rings. The number of phosphoric acid groups is 1. The number of furan rings is 1. The molecule has 0 unspecified atom stereocenters. The second-order valence-corrected chi connectivity index (χ2v) is 19.1. The van der Waals surface area contributed by atoms with Crippen LogP contribution in [0.25, 0.3) is 17.1 Å². The molecule has 4 heterocycles. The van der Waals surface area contributed by atoms with E-state index in [1.165, 1.54) is 18.0 Å². The molecule has 5 rings (SSSR count). The van der Waals surface area contributed by atoms with Crippen LogP contribution in [0.4, 0.5) is 0 Å². The lowest BCUT2D eigenvalue weighted by molar-refractivity contribution is -0.139. The van der Waals surface area contributed by atoms with Gasteiger partial charge in [-0.3, -0.25) is 33.3 Å². The van der Waals surface area contributed by atoms with Gasteiger partial charge in [-0.05, 0) is 82.6 Å². The highest BCUT2D eigenvalue weighted by molar-refractivity contribution is 7.46. The van der Waals surface area contributed by atoms with E-state index in [1.54, 1.807) is 21.8 Å². The number of oxime groups is 1. The molecule has 24 nitrogen and oxygen atoms in total. The highest BCUT2D eigenvalue weighted by atomic mass is 31.2. The predicted molar refractivity (Wildman–Crippen MR) is 260 cm³/mol. The fraction of sp³-hybridized carbons (Fsp3) is 0.511. The lowest BCUT2D eigenvalue weighted by atomic mass is 10.0. The standard InChI is InChI=1S/C47H66N11O13P/c1-29(2)22-36(52-47(65)39-16-13-20-57(39)32(5)60)44(62)51-37(45(63)53-38(27-59)46(64)54-41(43(48)61)31(4)71-72(66,67)68)23-35-25-49-28-56(35)19-11-6-7-12-21-69-50-24-33-26-58(34-14-9-8-10-15-34)55-42(33)40-18-17-30(3)70-40/h8-10,14-15,17-18,24-26,28-29,31,36-39,41,59H,6-7,11-13,16,19-23,27H2,1-5H3,(H2,48,61)(H,51,62)(H,52,65)(H,53,63)(H,54,64)(H2,66,67,68)/b50-24+/t31-,36+,37+,38+,39+,41+/m1/s1. The molecule has 1 aliphatic rings. The van der Waals surface area contributed by atoms with E-state index in [-0.39, 0.29) is 24.7 Å². The lowest BCUT2D eigenvalue weighted by Gasteiger charge is -2.28. The molecule has 1 aromatic carbocycles. The van der Waals surface area contributed by atoms with Crippen molar-refractivity contribution in [2.45, 2.75) is 129 Å². The fourth-order valence-electron chi connectivity index (χ4n) is 8.11. The zero-order chi connectivity index (χ0) is 52.5. The molecule has 6 atom stereocenters. The summed E-state index contributed by atoms with van der Waals surface area (Å²) >= 11 is 0. The molecular weight excluding hydrogens is 958 g/mol. The third-order valence-corrected chi connectivity index (χ3v) is 12.3. The first-order chi connectivity index (χ1) is 34.2. The van der Waals surface area contributed by atoms with Crippen LogP contribution in [0.15, 0.2) is 70.8 Å². The number of hydrogen-bond donors (Lipinski definition) is 8. The summed E-state index contributed by atoms with van der Waals surface area (Å²) in [4.78, 5) is 109. The van der Waals surface area contributed by atoms with Crippen molar-refractivity contribution in [3.8, 4) is 17.1 Å². The first-order valence-corrected chi connectivity index (χ1v) is 25.3. The zero-order valence-electron chi connectivity index (χ0n) is 41.0. The topological polar surface area (TPSA) is 337 Å². The molecule has 72 heavy (non-hydrogen) atoms. The van der Waals surface area contributed by atoms with Crippen LogP contribution in [0.1, 0.15) is 89.7 Å². The predicted octanol–water partition coefficient (Wildman–Crippen LogP) is 1.76. The first-order valence-electron chi connectivity index (χ1n) is 23.7. The summed E-state index contributed by atoms with van der Waals surface area (Å²) in [7, 11) is -5.14. The maximum atomic E-state index is 14.1. The van der Waals surface area contributed by atoms with E-state index >= 15 is 0 Å². The Morgan fingerprint density at radius 3 is 2.29 bits per heavy atom. The molecule has 0 aliphatic carbocycles. The number of aromatic nitrogens is 4. The Hall–Kier alpha value is -6.72. The molecule has 0 spiro atoms. The Morgan fingerprint density at radius 2 is 1.64 bits per heavy atom. The van der Waals surface area contributed by atoms with E-state index in [2.05, 4.69) is 35.9 Å². The number of carbonyl (C=O) groups is 6. The van der Waals surface area contributed by atoms with E-state index < -0.39 is 80.3 Å². The largest absolute Gasteiger partial charge is 0.469 e. The molecule has 25 heteroatoms. The molecule has 6 amide bonds. The van der Waals surface area contributed by atoms with Crippen LogP contribution in [0.3, 0.4) is 0 Å². The molecule has 0 bridgehead atoms. The highest BCUT2D eigenvalue weighted by Gasteiger charge is 2.37. The van der Waals surface area contributed by atoms with Gasteiger partial charge in [0.1, 0.15) is 48.3 Å². The van der Waals surface area contributed by atoms with Crippen molar-refractivity contribution in [3.05, 3.63) is 78.2 Å². The van der Waals surface area contributed by atoms with Crippen molar-refractivity contribution in [2.24, 2.45) is 16.8 Å². The number of imidazole rings is 1. The number of nitrogens with zero attached hydrogens (tertiary/aromatic N) is 6. The molecule has 0 radical (unpaired) electrons. The number of aryl methyl sites for hydroxylation is 2. The normalized spacial score (nSPS) is 16.0. The average molecular weight is 1020 g/mol. The summed E-state index contributed by atoms with van der Waals surface area (Å²) in [6.45, 7) is 8.18. The highest BCUT2D eigenvalue weighted by Crippen LogP contribution is 2.38. The number of rotatable bonds is 28. The van der Waals surface area contributed by atoms with Gasteiger partial charge in [-0.2, -0.15) is 5.10 Å². The number of benzene rings is 1. The van der Waals surface area contributed by atoms with Crippen LogP contribution in [0.2, 0.25) is 0 Å². The van der Waals surface area contributed by atoms with Crippen molar-refractivity contribution >= 4 is 49.5 Å². The molecule has 0 saturated carbocycles. The molecule has 3 aromatic heterocycles. The first kappa shape index (κ1) is 56.2. The third-order valence-electron chi connectivity index (χ3n) is 11.7. The Labute approximate surface area is 416 Å². The van der Waals surface area contributed by atoms with Crippen molar-refractivity contribution in [3.63, 3.8) is 0 Å². The molecule has 4 aromatic rings. The number of phosphoric ester groups is 1. The van der Waals surface area contributed by atoms with Crippen molar-refractivity contribution in [1.29, 1.82) is 0 Å². The number of carbonyl (C=O) groups excluding carboxylic acids is 6. The molecule has 392 valence electrons. The molecule has 1 saturated heterocycles. The summed E-state index contributed by atoms with van der Waals surface area (Å²) in [6.07, 6.45) is 8.88. The van der Waals surface area contributed by atoms with Crippen LogP contribution in [0.5, 0.6) is 0 Å². The van der Waals surface area contributed by atoms with Gasteiger partial charge >= 0.3 is 7.82 Å². The van der Waals surface area contributed by atoms with Gasteiger partial charge in [0.15, 0.2) is 5.76 Å². The number of primary amides is 1. The number of aliphatic hydroxyl groups excluding tert-OH is 1. The smallest absolute Gasteiger partial charge is 0.460 e. The number of nitrogens with one attached hydrogen (secondary N) is 4. The second-order valence-electron chi connectivity index (χ2n) is 17.9. The van der Waals surface area contributed by atoms with Gasteiger partial charge < -0.3 is 60.6 Å². The molecular formula is C47H66N11O13P. The van der Waals surface area contributed by atoms with Crippen LogP contribution in [0, 0.1) is 12.8 Å². The number of likely N-dealkylation sites (tertiary alicyclic amines) is 1. The van der Waals surface area contributed by atoms with Crippen molar-refractivity contribution < 1.29 is 62.0 Å². The maximum absolute atomic E-state index is 14.1. The van der Waals surface area contributed by atoms with Crippen LogP contribution < -0.4 is 27.0 Å². The summed E-state index contributed by atoms with van der Waals surface area (Å²) in [6, 6.07) is 6.46. The monoisotopic (exact) mass is 1020 g/mol. The number of aliphatic hydroxyl groups is 1. The summed E-state index contributed by atoms with van der Waals surface area (Å²) < 4.78 is 25.4. The lowest BCUT2D eigenvalue weighted by Crippen LogP contribution is -2.61. The van der Waals surface area contributed by atoms with Crippen molar-refractivity contribution in [2.75, 3.05) is 19.8 Å². The Bertz CT molecular complexity index is 2540. The Morgan fingerprint density at radius 1 is 0.944 bits per heavy atom. The maximum Gasteiger partial charge on any atom is 0.469 e. The van der Waals surface area contributed by atoms with E-state index in [9.17, 15) is 48.2 Å². The second kappa shape index (κ2) is 26.6. The van der Waals surface area contributed by atoms with Crippen LogP contribution in [-0.2, 0) is 55.7 Å². The van der Waals surface area contributed by atoms with Gasteiger partial charge in [-0.1, -0.05) is 43.6 Å². The summed E-state index contributed by atoms with van der Waals surface area (Å²) in [5.74, 6) is -3.64.